The van der Waals surface area contributed by atoms with Crippen molar-refractivity contribution in [3.05, 3.63) is 64.7 Å². The van der Waals surface area contributed by atoms with Crippen molar-refractivity contribution in [3.63, 3.8) is 0 Å². The molecule has 0 heterocycles. The van der Waals surface area contributed by atoms with E-state index in [-0.39, 0.29) is 17.4 Å². The first-order valence-corrected chi connectivity index (χ1v) is 10.5. The summed E-state index contributed by atoms with van der Waals surface area (Å²) in [6.07, 6.45) is 2.09. The fraction of sp³-hybridized carbons (Fsp3) is 0.538. The lowest BCUT2D eigenvalue weighted by Crippen LogP contribution is -2.45. The summed E-state index contributed by atoms with van der Waals surface area (Å²) in [5.41, 5.74) is 3.98. The maximum Gasteiger partial charge on any atom is 0.122 e. The van der Waals surface area contributed by atoms with E-state index in [0.29, 0.717) is 0 Å². The number of ether oxygens (including phenoxy) is 1. The molecule has 154 valence electrons. The van der Waals surface area contributed by atoms with Crippen molar-refractivity contribution in [2.45, 2.75) is 79.2 Å². The van der Waals surface area contributed by atoms with E-state index in [0.717, 1.165) is 24.2 Å². The minimum atomic E-state index is -0.893. The molecule has 0 saturated heterocycles. The molecule has 0 aliphatic rings. The Labute approximate surface area is 172 Å². The van der Waals surface area contributed by atoms with E-state index in [1.165, 1.54) is 16.7 Å². The van der Waals surface area contributed by atoms with Crippen molar-refractivity contribution in [2.24, 2.45) is 5.41 Å². The molecule has 28 heavy (non-hydrogen) atoms. The van der Waals surface area contributed by atoms with Crippen LogP contribution in [0.15, 0.2) is 42.5 Å². The molecule has 2 aromatic carbocycles. The van der Waals surface area contributed by atoms with Crippen molar-refractivity contribution in [2.75, 3.05) is 6.61 Å². The van der Waals surface area contributed by atoms with Crippen LogP contribution in [0.4, 0.5) is 0 Å². The van der Waals surface area contributed by atoms with Gasteiger partial charge in [0.25, 0.3) is 0 Å². The summed E-state index contributed by atoms with van der Waals surface area (Å²) < 4.78 is 6.04. The Hall–Kier alpha value is -1.80. The van der Waals surface area contributed by atoms with Crippen LogP contribution in [-0.4, -0.2) is 17.3 Å². The lowest BCUT2D eigenvalue weighted by atomic mass is 9.70. The van der Waals surface area contributed by atoms with E-state index in [4.69, 9.17) is 4.74 Å². The normalized spacial score (nSPS) is 14.6. The predicted molar refractivity (Wildman–Crippen MR) is 119 cm³/mol. The number of benzene rings is 2. The number of aryl methyl sites for hydroxylation is 2. The van der Waals surface area contributed by atoms with Crippen LogP contribution in [0.1, 0.15) is 76.6 Å². The van der Waals surface area contributed by atoms with Gasteiger partial charge in [0.15, 0.2) is 0 Å². The number of hydrogen-bond donors (Lipinski definition) is 1. The average molecular weight is 383 g/mol. The van der Waals surface area contributed by atoms with Crippen molar-refractivity contribution in [1.29, 1.82) is 0 Å². The van der Waals surface area contributed by atoms with Gasteiger partial charge in [0.2, 0.25) is 0 Å². The van der Waals surface area contributed by atoms with Crippen molar-refractivity contribution in [1.82, 2.24) is 0 Å². The molecule has 0 aliphatic heterocycles. The van der Waals surface area contributed by atoms with Crippen molar-refractivity contribution < 1.29 is 9.84 Å². The van der Waals surface area contributed by atoms with Crippen molar-refractivity contribution in [3.8, 4) is 5.75 Å². The summed E-state index contributed by atoms with van der Waals surface area (Å²) in [5, 5.41) is 10.7. The molecule has 0 radical (unpaired) electrons. The van der Waals surface area contributed by atoms with Crippen LogP contribution in [0.3, 0.4) is 0 Å². The molecular weight excluding hydrogens is 344 g/mol. The summed E-state index contributed by atoms with van der Waals surface area (Å²) in [6, 6.07) is 15.4. The third-order valence-corrected chi connectivity index (χ3v) is 6.63. The van der Waals surface area contributed by atoms with Gasteiger partial charge in [-0.05, 0) is 61.8 Å². The van der Waals surface area contributed by atoms with Gasteiger partial charge in [0.1, 0.15) is 18.0 Å². The fourth-order valence-electron chi connectivity index (χ4n) is 3.72. The Balaban J connectivity index is 2.36. The first-order chi connectivity index (χ1) is 13.0. The molecule has 2 aromatic rings. The zero-order valence-corrected chi connectivity index (χ0v) is 19.0. The molecule has 0 amide bonds. The van der Waals surface area contributed by atoms with Gasteiger partial charge in [0, 0.05) is 5.41 Å². The van der Waals surface area contributed by atoms with E-state index in [1.54, 1.807) is 0 Å². The molecule has 0 bridgehead atoms. The molecule has 2 rings (SSSR count). The summed E-state index contributed by atoms with van der Waals surface area (Å²) in [5.74, 6) is 0.846. The molecule has 1 N–H and O–H groups in total. The van der Waals surface area contributed by atoms with Crippen LogP contribution in [0.25, 0.3) is 0 Å². The predicted octanol–water partition coefficient (Wildman–Crippen LogP) is 6.59. The van der Waals surface area contributed by atoms with Crippen LogP contribution in [0.2, 0.25) is 0 Å². The van der Waals surface area contributed by atoms with Crippen LogP contribution in [-0.2, 0) is 5.41 Å². The smallest absolute Gasteiger partial charge is 0.122 e. The quantitative estimate of drug-likeness (QED) is 0.585. The summed E-state index contributed by atoms with van der Waals surface area (Å²) in [7, 11) is 0. The second kappa shape index (κ2) is 8.29. The molecule has 2 nitrogen and oxygen atoms in total. The van der Waals surface area contributed by atoms with Gasteiger partial charge in [-0.2, -0.15) is 0 Å². The Morgan fingerprint density at radius 2 is 1.46 bits per heavy atom. The number of hydrogen-bond acceptors (Lipinski definition) is 2. The molecule has 2 heteroatoms. The molecule has 1 unspecified atom stereocenters. The first kappa shape index (κ1) is 22.5. The van der Waals surface area contributed by atoms with Crippen LogP contribution in [0, 0.1) is 19.3 Å². The number of aliphatic hydroxyl groups is 1. The molecule has 0 aliphatic carbocycles. The second-order valence-electron chi connectivity index (χ2n) is 9.45. The van der Waals surface area contributed by atoms with E-state index in [2.05, 4.69) is 70.2 Å². The minimum Gasteiger partial charge on any atom is -0.490 e. The molecule has 0 saturated carbocycles. The topological polar surface area (TPSA) is 29.5 Å². The summed E-state index contributed by atoms with van der Waals surface area (Å²) >= 11 is 0. The summed E-state index contributed by atoms with van der Waals surface area (Å²) in [6.45, 7) is 17.0. The monoisotopic (exact) mass is 382 g/mol. The van der Waals surface area contributed by atoms with Crippen LogP contribution in [0.5, 0.6) is 5.75 Å². The minimum absolute atomic E-state index is 0.00616. The highest BCUT2D eigenvalue weighted by Gasteiger charge is 2.36. The van der Waals surface area contributed by atoms with E-state index in [1.807, 2.05) is 27.7 Å². The molecule has 0 aromatic heterocycles. The van der Waals surface area contributed by atoms with Crippen LogP contribution < -0.4 is 4.74 Å². The highest BCUT2D eigenvalue weighted by molar-refractivity contribution is 5.45. The second-order valence-corrected chi connectivity index (χ2v) is 9.45. The molecule has 0 spiro atoms. The van der Waals surface area contributed by atoms with Gasteiger partial charge in [-0.3, -0.25) is 0 Å². The maximum atomic E-state index is 10.7. The maximum absolute atomic E-state index is 10.7. The molecule has 1 atom stereocenters. The van der Waals surface area contributed by atoms with Gasteiger partial charge in [-0.15, -0.1) is 0 Å². The lowest BCUT2D eigenvalue weighted by molar-refractivity contribution is -0.0725. The fourth-order valence-corrected chi connectivity index (χ4v) is 3.72. The molecule has 0 fully saturated rings. The van der Waals surface area contributed by atoms with Crippen LogP contribution >= 0.6 is 0 Å². The van der Waals surface area contributed by atoms with Gasteiger partial charge >= 0.3 is 0 Å². The van der Waals surface area contributed by atoms with Crippen molar-refractivity contribution >= 4 is 0 Å². The Morgan fingerprint density at radius 3 is 1.96 bits per heavy atom. The SMILES string of the molecule is CCC(CC)(c1cccc(C)c1)c1ccc(OCC(C)(O)C(C)(C)C)c(C)c1. The van der Waals surface area contributed by atoms with Gasteiger partial charge in [-0.1, -0.05) is 76.6 Å². The summed E-state index contributed by atoms with van der Waals surface area (Å²) in [4.78, 5) is 0. The van der Waals surface area contributed by atoms with E-state index in [9.17, 15) is 5.11 Å². The van der Waals surface area contributed by atoms with Gasteiger partial charge in [0.05, 0.1) is 0 Å². The third kappa shape index (κ3) is 4.43. The highest BCUT2D eigenvalue weighted by atomic mass is 16.5. The average Bonchev–Trinajstić information content (AvgIpc) is 2.61. The van der Waals surface area contributed by atoms with Gasteiger partial charge in [-0.25, -0.2) is 0 Å². The Kier molecular flexibility index (Phi) is 6.66. The lowest BCUT2D eigenvalue weighted by Gasteiger charge is -2.37. The Bertz CT molecular complexity index is 792. The zero-order chi connectivity index (χ0) is 21.2. The highest BCUT2D eigenvalue weighted by Crippen LogP contribution is 2.40. The zero-order valence-electron chi connectivity index (χ0n) is 19.0. The third-order valence-electron chi connectivity index (χ3n) is 6.63. The number of rotatable bonds is 7. The van der Waals surface area contributed by atoms with Gasteiger partial charge < -0.3 is 9.84 Å². The standard InChI is InChI=1S/C26H38O2/c1-9-26(10-2,21-13-11-12-19(3)16-21)22-14-15-23(20(4)17-22)28-18-25(8,27)24(5,6)7/h11-17,27H,9-10,18H2,1-8H3. The Morgan fingerprint density at radius 1 is 0.857 bits per heavy atom. The molecular formula is C26H38O2. The largest absolute Gasteiger partial charge is 0.490 e. The van der Waals surface area contributed by atoms with E-state index >= 15 is 0 Å². The van der Waals surface area contributed by atoms with E-state index < -0.39 is 5.60 Å². The first-order valence-electron chi connectivity index (χ1n) is 10.5.